The van der Waals surface area contributed by atoms with Gasteiger partial charge in [-0.3, -0.25) is 4.79 Å². The van der Waals surface area contributed by atoms with Crippen LogP contribution in [0.25, 0.3) is 11.1 Å². The minimum absolute atomic E-state index is 0.306. The van der Waals surface area contributed by atoms with Gasteiger partial charge in [-0.2, -0.15) is 0 Å². The lowest BCUT2D eigenvalue weighted by atomic mass is 9.94. The Balaban J connectivity index is 1.70. The highest BCUT2D eigenvalue weighted by Crippen LogP contribution is 2.32. The third kappa shape index (κ3) is 8.69. The summed E-state index contributed by atoms with van der Waals surface area (Å²) in [7, 11) is 5.90. The number of carboxylic acid groups (broad SMARTS) is 1. The highest BCUT2D eigenvalue weighted by molar-refractivity contribution is 5.72. The molecular formula is C32H42N2O4. The summed E-state index contributed by atoms with van der Waals surface area (Å²) in [6.07, 6.45) is 1.87. The smallest absolute Gasteiger partial charge is 0.306 e. The van der Waals surface area contributed by atoms with E-state index in [1.54, 1.807) is 7.11 Å². The van der Waals surface area contributed by atoms with E-state index in [1.165, 1.54) is 11.1 Å². The Bertz CT molecular complexity index is 1120. The molecule has 3 aromatic rings. The van der Waals surface area contributed by atoms with Crippen molar-refractivity contribution in [2.75, 3.05) is 41.0 Å². The SMILES string of the molecule is CCC(Cc1ccc(-c2ccc(CNCC(c3ccccc3)N(C)C)cc2)c(OCCCOC)c1)C(=O)O. The van der Waals surface area contributed by atoms with E-state index in [1.807, 2.05) is 31.2 Å². The summed E-state index contributed by atoms with van der Waals surface area (Å²) >= 11 is 0. The number of carboxylic acids is 1. The molecule has 0 saturated carbocycles. The first-order valence-electron chi connectivity index (χ1n) is 13.4. The largest absolute Gasteiger partial charge is 0.493 e. The molecule has 0 aliphatic carbocycles. The number of nitrogens with one attached hydrogen (secondary N) is 1. The molecule has 2 N–H and O–H groups in total. The predicted octanol–water partition coefficient (Wildman–Crippen LogP) is 5.81. The maximum atomic E-state index is 11.5. The van der Waals surface area contributed by atoms with E-state index in [-0.39, 0.29) is 0 Å². The third-order valence-corrected chi connectivity index (χ3v) is 6.86. The van der Waals surface area contributed by atoms with E-state index in [2.05, 4.69) is 72.8 Å². The number of carbonyl (C=O) groups is 1. The Kier molecular flexibility index (Phi) is 11.8. The topological polar surface area (TPSA) is 71.0 Å². The maximum absolute atomic E-state index is 11.5. The van der Waals surface area contributed by atoms with Crippen molar-refractivity contribution in [1.29, 1.82) is 0 Å². The van der Waals surface area contributed by atoms with Crippen LogP contribution in [0, 0.1) is 5.92 Å². The molecule has 0 amide bonds. The van der Waals surface area contributed by atoms with Gasteiger partial charge in [0.25, 0.3) is 0 Å². The highest BCUT2D eigenvalue weighted by Gasteiger charge is 2.17. The molecule has 3 aromatic carbocycles. The van der Waals surface area contributed by atoms with Crippen LogP contribution in [0.4, 0.5) is 0 Å². The lowest BCUT2D eigenvalue weighted by molar-refractivity contribution is -0.141. The van der Waals surface area contributed by atoms with Crippen molar-refractivity contribution in [2.24, 2.45) is 5.92 Å². The number of ether oxygens (including phenoxy) is 2. The first-order valence-corrected chi connectivity index (χ1v) is 13.4. The molecule has 38 heavy (non-hydrogen) atoms. The van der Waals surface area contributed by atoms with Crippen molar-refractivity contribution in [3.8, 4) is 16.9 Å². The summed E-state index contributed by atoms with van der Waals surface area (Å²) in [6, 6.07) is 25.5. The minimum Gasteiger partial charge on any atom is -0.493 e. The fourth-order valence-corrected chi connectivity index (χ4v) is 4.56. The molecule has 0 saturated heterocycles. The molecule has 0 heterocycles. The van der Waals surface area contributed by atoms with Crippen LogP contribution in [0.5, 0.6) is 5.75 Å². The fourth-order valence-electron chi connectivity index (χ4n) is 4.56. The van der Waals surface area contributed by atoms with Gasteiger partial charge < -0.3 is 24.8 Å². The number of hydrogen-bond acceptors (Lipinski definition) is 5. The third-order valence-electron chi connectivity index (χ3n) is 6.86. The van der Waals surface area contributed by atoms with Gasteiger partial charge in [-0.25, -0.2) is 0 Å². The zero-order valence-electron chi connectivity index (χ0n) is 23.2. The number of aliphatic carboxylic acids is 1. The van der Waals surface area contributed by atoms with Crippen molar-refractivity contribution in [2.45, 2.75) is 38.8 Å². The van der Waals surface area contributed by atoms with E-state index < -0.39 is 11.9 Å². The lowest BCUT2D eigenvalue weighted by Gasteiger charge is -2.25. The van der Waals surface area contributed by atoms with Crippen LogP contribution < -0.4 is 10.1 Å². The Labute approximate surface area is 227 Å². The second-order valence-electron chi connectivity index (χ2n) is 9.89. The van der Waals surface area contributed by atoms with Crippen molar-refractivity contribution < 1.29 is 19.4 Å². The van der Waals surface area contributed by atoms with Gasteiger partial charge in [0.2, 0.25) is 0 Å². The van der Waals surface area contributed by atoms with Gasteiger partial charge in [-0.1, -0.05) is 73.7 Å². The van der Waals surface area contributed by atoms with Crippen LogP contribution in [0.1, 0.15) is 42.5 Å². The second kappa shape index (κ2) is 15.3. The van der Waals surface area contributed by atoms with Crippen molar-refractivity contribution in [3.63, 3.8) is 0 Å². The van der Waals surface area contributed by atoms with Crippen molar-refractivity contribution in [1.82, 2.24) is 10.2 Å². The summed E-state index contributed by atoms with van der Waals surface area (Å²) in [5, 5.41) is 13.1. The van der Waals surface area contributed by atoms with Crippen LogP contribution >= 0.6 is 0 Å². The molecule has 0 radical (unpaired) electrons. The van der Waals surface area contributed by atoms with E-state index in [0.717, 1.165) is 42.0 Å². The first-order chi connectivity index (χ1) is 18.4. The van der Waals surface area contributed by atoms with Gasteiger partial charge in [0.1, 0.15) is 5.75 Å². The van der Waals surface area contributed by atoms with E-state index >= 15 is 0 Å². The molecule has 0 fully saturated rings. The number of benzene rings is 3. The zero-order valence-corrected chi connectivity index (χ0v) is 23.2. The van der Waals surface area contributed by atoms with Gasteiger partial charge in [0.15, 0.2) is 0 Å². The van der Waals surface area contributed by atoms with Crippen LogP contribution in [-0.4, -0.2) is 56.9 Å². The van der Waals surface area contributed by atoms with Crippen LogP contribution in [0.2, 0.25) is 0 Å². The number of hydrogen-bond donors (Lipinski definition) is 2. The molecule has 3 rings (SSSR count). The quantitative estimate of drug-likeness (QED) is 0.233. The average molecular weight is 519 g/mol. The summed E-state index contributed by atoms with van der Waals surface area (Å²) in [5.41, 5.74) is 5.56. The molecule has 0 aliphatic heterocycles. The molecule has 0 aliphatic rings. The number of methoxy groups -OCH3 is 1. The summed E-state index contributed by atoms with van der Waals surface area (Å²) in [6.45, 7) is 4.72. The zero-order chi connectivity index (χ0) is 27.3. The van der Waals surface area contributed by atoms with Crippen LogP contribution in [-0.2, 0) is 22.5 Å². The molecule has 2 unspecified atom stereocenters. The summed E-state index contributed by atoms with van der Waals surface area (Å²) in [4.78, 5) is 13.8. The normalized spacial score (nSPS) is 12.9. The van der Waals surface area contributed by atoms with Gasteiger partial charge in [0.05, 0.1) is 12.5 Å². The van der Waals surface area contributed by atoms with Gasteiger partial charge >= 0.3 is 5.97 Å². The van der Waals surface area contributed by atoms with Crippen molar-refractivity contribution in [3.05, 3.63) is 89.5 Å². The Morgan fingerprint density at radius 2 is 1.68 bits per heavy atom. The van der Waals surface area contributed by atoms with E-state index in [9.17, 15) is 9.90 Å². The molecule has 6 heteroatoms. The Hall–Kier alpha value is -3.19. The average Bonchev–Trinajstić information content (AvgIpc) is 2.93. The molecule has 2 atom stereocenters. The minimum atomic E-state index is -0.760. The first kappa shape index (κ1) is 29.4. The van der Waals surface area contributed by atoms with Gasteiger partial charge in [-0.15, -0.1) is 0 Å². The number of nitrogens with zero attached hydrogens (tertiary/aromatic N) is 1. The van der Waals surface area contributed by atoms with Gasteiger partial charge in [0, 0.05) is 44.8 Å². The summed E-state index contributed by atoms with van der Waals surface area (Å²) in [5.74, 6) is -0.381. The summed E-state index contributed by atoms with van der Waals surface area (Å²) < 4.78 is 11.3. The fraction of sp³-hybridized carbons (Fsp3) is 0.406. The molecular weight excluding hydrogens is 476 g/mol. The van der Waals surface area contributed by atoms with Crippen LogP contribution in [0.15, 0.2) is 72.8 Å². The highest BCUT2D eigenvalue weighted by atomic mass is 16.5. The Morgan fingerprint density at radius 1 is 0.974 bits per heavy atom. The molecule has 0 aromatic heterocycles. The molecule has 204 valence electrons. The second-order valence-corrected chi connectivity index (χ2v) is 9.89. The monoisotopic (exact) mass is 518 g/mol. The van der Waals surface area contributed by atoms with E-state index in [4.69, 9.17) is 9.47 Å². The lowest BCUT2D eigenvalue weighted by Crippen LogP contribution is -2.30. The molecule has 0 bridgehead atoms. The number of likely N-dealkylation sites (N-methyl/N-ethyl adjacent to an activating group) is 1. The maximum Gasteiger partial charge on any atom is 0.306 e. The molecule has 0 spiro atoms. The predicted molar refractivity (Wildman–Crippen MR) is 154 cm³/mol. The Morgan fingerprint density at radius 3 is 2.32 bits per heavy atom. The van der Waals surface area contributed by atoms with Crippen molar-refractivity contribution >= 4 is 5.97 Å². The molecule has 6 nitrogen and oxygen atoms in total. The number of rotatable bonds is 16. The standard InChI is InChI=1S/C32H42N2O4/c1-5-26(32(35)36)20-25-14-17-29(31(21-25)38-19-9-18-37-4)27-15-12-24(13-16-27)22-33-23-30(34(2)3)28-10-7-6-8-11-28/h6-8,10-17,21,26,30,33H,5,9,18-20,22-23H2,1-4H3,(H,35,36). The van der Waals surface area contributed by atoms with E-state index in [0.29, 0.717) is 32.1 Å². The van der Waals surface area contributed by atoms with Crippen LogP contribution in [0.3, 0.4) is 0 Å². The van der Waals surface area contributed by atoms with Gasteiger partial charge in [-0.05, 0) is 55.3 Å².